The number of hydrogen-bond donors (Lipinski definition) is 2. The van der Waals surface area contributed by atoms with Gasteiger partial charge in [-0.3, -0.25) is 10.1 Å². The molecule has 9 nitrogen and oxygen atoms in total. The van der Waals surface area contributed by atoms with E-state index in [2.05, 4.69) is 31.0 Å². The van der Waals surface area contributed by atoms with Crippen LogP contribution in [0.4, 0.5) is 5.95 Å². The minimum absolute atomic E-state index is 0. The first-order valence-corrected chi connectivity index (χ1v) is 8.60. The Morgan fingerprint density at radius 1 is 1.22 bits per heavy atom. The van der Waals surface area contributed by atoms with Crippen LogP contribution in [0.1, 0.15) is 34.9 Å². The van der Waals surface area contributed by atoms with Crippen molar-refractivity contribution in [2.75, 3.05) is 18.4 Å². The molecule has 2 N–H and O–H groups in total. The highest BCUT2D eigenvalue weighted by molar-refractivity contribution is 6.03. The lowest BCUT2D eigenvalue weighted by Gasteiger charge is -2.19. The third kappa shape index (κ3) is 4.15. The number of amides is 1. The molecule has 0 saturated carbocycles. The molecule has 1 aliphatic rings. The van der Waals surface area contributed by atoms with Crippen molar-refractivity contribution in [2.45, 2.75) is 18.8 Å². The number of hydrogen-bond acceptors (Lipinski definition) is 6. The standard InChI is InChI=1S/C17H20N8O.ClH/c1-24-17(20-15(22-24)12-6-8-18-9-7-12)21-16(26)13-2-4-14(5-3-13)25-11-10-19-23-25;/h2-5,10-12,18H,6-9H2,1H3,(H,20,21,22,26);1H. The summed E-state index contributed by atoms with van der Waals surface area (Å²) in [6.07, 6.45) is 5.38. The summed E-state index contributed by atoms with van der Waals surface area (Å²) in [6, 6.07) is 7.13. The predicted molar refractivity (Wildman–Crippen MR) is 102 cm³/mol. The van der Waals surface area contributed by atoms with Crippen LogP contribution in [-0.2, 0) is 7.05 Å². The van der Waals surface area contributed by atoms with Gasteiger partial charge in [0.2, 0.25) is 5.95 Å². The van der Waals surface area contributed by atoms with E-state index in [4.69, 9.17) is 0 Å². The number of rotatable bonds is 4. The molecule has 0 unspecified atom stereocenters. The van der Waals surface area contributed by atoms with Gasteiger partial charge >= 0.3 is 0 Å². The molecule has 0 atom stereocenters. The Labute approximate surface area is 162 Å². The van der Waals surface area contributed by atoms with Crippen LogP contribution in [0.3, 0.4) is 0 Å². The molecule has 3 heterocycles. The third-order valence-corrected chi connectivity index (χ3v) is 4.53. The topological polar surface area (TPSA) is 103 Å². The van der Waals surface area contributed by atoms with Crippen LogP contribution in [0, 0.1) is 0 Å². The van der Waals surface area contributed by atoms with Gasteiger partial charge in [-0.2, -0.15) is 10.1 Å². The maximum atomic E-state index is 12.5. The van der Waals surface area contributed by atoms with E-state index in [1.54, 1.807) is 40.9 Å². The second kappa shape index (κ2) is 8.28. The molecular formula is C17H21ClN8O. The fourth-order valence-electron chi connectivity index (χ4n) is 3.05. The molecular weight excluding hydrogens is 368 g/mol. The van der Waals surface area contributed by atoms with Crippen molar-refractivity contribution in [1.82, 2.24) is 35.1 Å². The summed E-state index contributed by atoms with van der Waals surface area (Å²) < 4.78 is 3.26. The number of anilines is 1. The fraction of sp³-hybridized carbons (Fsp3) is 0.353. The highest BCUT2D eigenvalue weighted by atomic mass is 35.5. The minimum atomic E-state index is -0.220. The molecule has 27 heavy (non-hydrogen) atoms. The van der Waals surface area contributed by atoms with Crippen molar-refractivity contribution in [3.63, 3.8) is 0 Å². The zero-order valence-electron chi connectivity index (χ0n) is 14.9. The monoisotopic (exact) mass is 388 g/mol. The van der Waals surface area contributed by atoms with Crippen molar-refractivity contribution >= 4 is 24.3 Å². The Kier molecular flexibility index (Phi) is 5.82. The van der Waals surface area contributed by atoms with Crippen molar-refractivity contribution in [3.8, 4) is 5.69 Å². The minimum Gasteiger partial charge on any atom is -0.317 e. The van der Waals surface area contributed by atoms with Gasteiger partial charge in [0, 0.05) is 18.5 Å². The lowest BCUT2D eigenvalue weighted by Crippen LogP contribution is -2.27. The van der Waals surface area contributed by atoms with Gasteiger partial charge in [0.15, 0.2) is 5.82 Å². The Balaban J connectivity index is 0.00000210. The molecule has 10 heteroatoms. The Hall–Kier alpha value is -2.78. The summed E-state index contributed by atoms with van der Waals surface area (Å²) in [5, 5.41) is 18.3. The second-order valence-electron chi connectivity index (χ2n) is 6.29. The largest absolute Gasteiger partial charge is 0.317 e. The molecule has 2 aromatic heterocycles. The average Bonchev–Trinajstić information content (AvgIpc) is 3.33. The molecule has 0 spiro atoms. The van der Waals surface area contributed by atoms with Gasteiger partial charge in [0.25, 0.3) is 5.91 Å². The van der Waals surface area contributed by atoms with Crippen LogP contribution in [0.5, 0.6) is 0 Å². The molecule has 1 aromatic carbocycles. The molecule has 4 rings (SSSR count). The summed E-state index contributed by atoms with van der Waals surface area (Å²) in [7, 11) is 1.79. The Morgan fingerprint density at radius 3 is 2.63 bits per heavy atom. The molecule has 142 valence electrons. The lowest BCUT2D eigenvalue weighted by molar-refractivity contribution is 0.102. The molecule has 1 amide bonds. The van der Waals surface area contributed by atoms with Gasteiger partial charge in [0.1, 0.15) is 0 Å². The Morgan fingerprint density at radius 2 is 1.96 bits per heavy atom. The fourth-order valence-corrected chi connectivity index (χ4v) is 3.05. The van der Waals surface area contributed by atoms with E-state index in [-0.39, 0.29) is 18.3 Å². The van der Waals surface area contributed by atoms with Crippen LogP contribution in [0.25, 0.3) is 5.69 Å². The normalized spacial score (nSPS) is 14.6. The number of carbonyl (C=O) groups is 1. The van der Waals surface area contributed by atoms with Crippen LogP contribution >= 0.6 is 12.4 Å². The van der Waals surface area contributed by atoms with Gasteiger partial charge in [-0.1, -0.05) is 5.21 Å². The van der Waals surface area contributed by atoms with Crippen molar-refractivity contribution in [1.29, 1.82) is 0 Å². The van der Waals surface area contributed by atoms with Crippen LogP contribution in [0.2, 0.25) is 0 Å². The van der Waals surface area contributed by atoms with E-state index < -0.39 is 0 Å². The molecule has 3 aromatic rings. The number of carbonyl (C=O) groups excluding carboxylic acids is 1. The van der Waals surface area contributed by atoms with Gasteiger partial charge in [-0.15, -0.1) is 17.5 Å². The van der Waals surface area contributed by atoms with Crippen molar-refractivity contribution in [2.24, 2.45) is 7.05 Å². The molecule has 1 fully saturated rings. The molecule has 0 bridgehead atoms. The highest BCUT2D eigenvalue weighted by Crippen LogP contribution is 2.23. The summed E-state index contributed by atoms with van der Waals surface area (Å²) in [4.78, 5) is 17.0. The molecule has 0 aliphatic carbocycles. The molecule has 0 radical (unpaired) electrons. The zero-order valence-corrected chi connectivity index (χ0v) is 15.7. The van der Waals surface area contributed by atoms with E-state index in [0.717, 1.165) is 37.4 Å². The SMILES string of the molecule is Cl.Cn1nc(C2CCNCC2)nc1NC(=O)c1ccc(-n2ccnn2)cc1. The maximum absolute atomic E-state index is 12.5. The van der Waals surface area contributed by atoms with Gasteiger partial charge in [-0.25, -0.2) is 9.36 Å². The number of benzene rings is 1. The van der Waals surface area contributed by atoms with E-state index in [1.165, 1.54) is 0 Å². The van der Waals surface area contributed by atoms with Gasteiger partial charge in [-0.05, 0) is 50.2 Å². The first kappa shape index (κ1) is 19.0. The quantitative estimate of drug-likeness (QED) is 0.702. The maximum Gasteiger partial charge on any atom is 0.258 e. The van der Waals surface area contributed by atoms with E-state index in [1.807, 2.05) is 12.1 Å². The Bertz CT molecular complexity index is 884. The second-order valence-corrected chi connectivity index (χ2v) is 6.29. The van der Waals surface area contributed by atoms with E-state index >= 15 is 0 Å². The molecule has 1 saturated heterocycles. The lowest BCUT2D eigenvalue weighted by atomic mass is 9.98. The number of nitrogens with zero attached hydrogens (tertiary/aromatic N) is 6. The number of nitrogens with one attached hydrogen (secondary N) is 2. The number of halogens is 1. The van der Waals surface area contributed by atoms with Gasteiger partial charge < -0.3 is 5.32 Å². The first-order chi connectivity index (χ1) is 12.7. The first-order valence-electron chi connectivity index (χ1n) is 8.60. The van der Waals surface area contributed by atoms with E-state index in [0.29, 0.717) is 17.4 Å². The van der Waals surface area contributed by atoms with Crippen LogP contribution in [0.15, 0.2) is 36.7 Å². The van der Waals surface area contributed by atoms with Crippen LogP contribution in [-0.4, -0.2) is 48.8 Å². The predicted octanol–water partition coefficient (Wildman–Crippen LogP) is 1.54. The van der Waals surface area contributed by atoms with E-state index in [9.17, 15) is 4.79 Å². The molecule has 1 aliphatic heterocycles. The summed E-state index contributed by atoms with van der Waals surface area (Å²) in [6.45, 7) is 1.95. The summed E-state index contributed by atoms with van der Waals surface area (Å²) >= 11 is 0. The summed E-state index contributed by atoms with van der Waals surface area (Å²) in [5.74, 6) is 1.38. The number of piperidine rings is 1. The third-order valence-electron chi connectivity index (χ3n) is 4.53. The van der Waals surface area contributed by atoms with Gasteiger partial charge in [0.05, 0.1) is 18.1 Å². The van der Waals surface area contributed by atoms with Crippen molar-refractivity contribution in [3.05, 3.63) is 48.0 Å². The zero-order chi connectivity index (χ0) is 17.9. The number of aryl methyl sites for hydroxylation is 1. The van der Waals surface area contributed by atoms with Crippen LogP contribution < -0.4 is 10.6 Å². The van der Waals surface area contributed by atoms with Crippen molar-refractivity contribution < 1.29 is 4.79 Å². The number of aromatic nitrogens is 6. The highest BCUT2D eigenvalue weighted by Gasteiger charge is 2.21. The average molecular weight is 389 g/mol. The summed E-state index contributed by atoms with van der Waals surface area (Å²) in [5.41, 5.74) is 1.38. The smallest absolute Gasteiger partial charge is 0.258 e.